The lowest BCUT2D eigenvalue weighted by atomic mass is 10.1. The van der Waals surface area contributed by atoms with E-state index in [1.807, 2.05) is 4.90 Å². The van der Waals surface area contributed by atoms with Gasteiger partial charge in [0.15, 0.2) is 17.3 Å². The maximum atomic E-state index is 15.7. The zero-order valence-electron chi connectivity index (χ0n) is 19.4. The monoisotopic (exact) mass is 488 g/mol. The van der Waals surface area contributed by atoms with Crippen LogP contribution in [0.15, 0.2) is 55.2 Å². The second kappa shape index (κ2) is 9.00. The fourth-order valence-electron chi connectivity index (χ4n) is 4.33. The molecule has 0 saturated carbocycles. The molecule has 6 rings (SSSR count). The summed E-state index contributed by atoms with van der Waals surface area (Å²) in [7, 11) is 0. The number of anilines is 3. The number of hydrogen-bond donors (Lipinski definition) is 2. The quantitative estimate of drug-likeness (QED) is 0.380. The second-order valence-electron chi connectivity index (χ2n) is 8.45. The van der Waals surface area contributed by atoms with Gasteiger partial charge < -0.3 is 20.3 Å². The van der Waals surface area contributed by atoms with E-state index in [2.05, 4.69) is 30.7 Å². The van der Waals surface area contributed by atoms with Crippen LogP contribution < -0.4 is 20.3 Å². The maximum Gasteiger partial charge on any atom is 0.159 e. The number of rotatable bonds is 5. The Labute approximate surface area is 204 Å². The molecule has 1 aliphatic heterocycles. The molecule has 0 atom stereocenters. The summed E-state index contributed by atoms with van der Waals surface area (Å²) in [6, 6.07) is 10.1. The van der Waals surface area contributed by atoms with Crippen LogP contribution in [0.2, 0.25) is 0 Å². The lowest BCUT2D eigenvalue weighted by Gasteiger charge is -2.30. The summed E-state index contributed by atoms with van der Waals surface area (Å²) in [4.78, 5) is 14.5. The third-order valence-corrected chi connectivity index (χ3v) is 6.25. The fraction of sp³-hybridized carbons (Fsp3) is 0.200. The van der Waals surface area contributed by atoms with Crippen molar-refractivity contribution in [2.45, 2.75) is 6.92 Å². The molecule has 0 unspecified atom stereocenters. The Morgan fingerprint density at radius 3 is 2.69 bits per heavy atom. The average molecular weight is 489 g/mol. The normalized spacial score (nSPS) is 13.9. The number of nitrogens with one attached hydrogen (secondary N) is 2. The van der Waals surface area contributed by atoms with Gasteiger partial charge in [-0.2, -0.15) is 5.10 Å². The van der Waals surface area contributed by atoms with E-state index in [4.69, 9.17) is 4.74 Å². The van der Waals surface area contributed by atoms with E-state index in [1.54, 1.807) is 54.0 Å². The number of halogens is 2. The molecular weight excluding hydrogens is 466 g/mol. The van der Waals surface area contributed by atoms with Gasteiger partial charge >= 0.3 is 0 Å². The highest BCUT2D eigenvalue weighted by Crippen LogP contribution is 2.35. The minimum Gasteiger partial charge on any atom is -0.457 e. The van der Waals surface area contributed by atoms with E-state index in [0.29, 0.717) is 47.0 Å². The highest BCUT2D eigenvalue weighted by atomic mass is 19.1. The topological polar surface area (TPSA) is 92.5 Å². The van der Waals surface area contributed by atoms with Crippen LogP contribution in [0.5, 0.6) is 11.5 Å². The number of hydrogen-bond acceptors (Lipinski definition) is 8. The number of ether oxygens (including phenoxy) is 1. The first-order chi connectivity index (χ1) is 17.6. The second-order valence-corrected chi connectivity index (χ2v) is 8.45. The summed E-state index contributed by atoms with van der Waals surface area (Å²) in [5.41, 5.74) is 1.97. The van der Waals surface area contributed by atoms with E-state index in [9.17, 15) is 0 Å². The molecule has 36 heavy (non-hydrogen) atoms. The van der Waals surface area contributed by atoms with Crippen LogP contribution in [-0.4, -0.2) is 50.7 Å². The summed E-state index contributed by atoms with van der Waals surface area (Å²) < 4.78 is 38.6. The van der Waals surface area contributed by atoms with Gasteiger partial charge in [-0.1, -0.05) is 0 Å². The summed E-state index contributed by atoms with van der Waals surface area (Å²) in [6.07, 6.45) is 4.48. The van der Waals surface area contributed by atoms with Crippen LogP contribution in [-0.2, 0) is 0 Å². The summed E-state index contributed by atoms with van der Waals surface area (Å²) in [5, 5.41) is 10.5. The van der Waals surface area contributed by atoms with Gasteiger partial charge in [0.1, 0.15) is 30.0 Å². The number of fused-ring (bicyclic) bond motifs is 2. The highest BCUT2D eigenvalue weighted by molar-refractivity contribution is 5.94. The molecule has 2 aromatic carbocycles. The van der Waals surface area contributed by atoms with E-state index in [1.165, 1.54) is 12.7 Å². The molecule has 1 aliphatic rings. The van der Waals surface area contributed by atoms with Crippen molar-refractivity contribution in [3.63, 3.8) is 0 Å². The SMILES string of the molecule is Cc1c(Oc2ccn3ncnc3c2)ccc(Nc2ncnc3ccc(N4CCNCC4)c(F)c23)c1F. The predicted octanol–water partition coefficient (Wildman–Crippen LogP) is 4.20. The van der Waals surface area contributed by atoms with E-state index < -0.39 is 11.6 Å². The Kier molecular flexibility index (Phi) is 5.53. The molecule has 0 amide bonds. The van der Waals surface area contributed by atoms with Gasteiger partial charge in [0.2, 0.25) is 0 Å². The van der Waals surface area contributed by atoms with Gasteiger partial charge in [-0.3, -0.25) is 0 Å². The van der Waals surface area contributed by atoms with Crippen molar-refractivity contribution >= 4 is 33.7 Å². The van der Waals surface area contributed by atoms with Gasteiger partial charge in [-0.05, 0) is 37.3 Å². The number of pyridine rings is 1. The molecule has 0 spiro atoms. The zero-order valence-corrected chi connectivity index (χ0v) is 19.4. The van der Waals surface area contributed by atoms with Crippen LogP contribution in [0.4, 0.5) is 26.0 Å². The third-order valence-electron chi connectivity index (χ3n) is 6.25. The molecule has 0 aliphatic carbocycles. The van der Waals surface area contributed by atoms with Gasteiger partial charge in [-0.15, -0.1) is 0 Å². The zero-order chi connectivity index (χ0) is 24.6. The summed E-state index contributed by atoms with van der Waals surface area (Å²) in [5.74, 6) is 0.0864. The van der Waals surface area contributed by atoms with Crippen molar-refractivity contribution in [3.8, 4) is 11.5 Å². The van der Waals surface area contributed by atoms with E-state index in [-0.39, 0.29) is 16.9 Å². The highest BCUT2D eigenvalue weighted by Gasteiger charge is 2.20. The lowest BCUT2D eigenvalue weighted by molar-refractivity contribution is 0.471. The Hall–Kier alpha value is -4.38. The van der Waals surface area contributed by atoms with Crippen molar-refractivity contribution in [1.82, 2.24) is 29.9 Å². The Bertz CT molecular complexity index is 1580. The molecule has 0 radical (unpaired) electrons. The van der Waals surface area contributed by atoms with Crippen LogP contribution in [0, 0.1) is 18.6 Å². The molecule has 2 N–H and O–H groups in total. The van der Waals surface area contributed by atoms with Crippen molar-refractivity contribution in [1.29, 1.82) is 0 Å². The standard InChI is InChI=1S/C25H22F2N8O/c1-15-20(36-16-6-9-35-21(12-16)30-14-32-35)5-3-18(23(15)26)33-25-22-17(29-13-31-25)2-4-19(24(22)27)34-10-7-28-8-11-34/h2-6,9,12-14,28H,7-8,10-11H2,1H3,(H,29,31,33). The predicted molar refractivity (Wildman–Crippen MR) is 132 cm³/mol. The molecular formula is C25H22F2N8O. The number of piperazine rings is 1. The van der Waals surface area contributed by atoms with Gasteiger partial charge in [0.05, 0.1) is 22.3 Å². The summed E-state index contributed by atoms with van der Waals surface area (Å²) in [6.45, 7) is 4.56. The summed E-state index contributed by atoms with van der Waals surface area (Å²) >= 11 is 0. The average Bonchev–Trinajstić information content (AvgIpc) is 3.37. The molecule has 182 valence electrons. The lowest BCUT2D eigenvalue weighted by Crippen LogP contribution is -2.43. The van der Waals surface area contributed by atoms with Crippen molar-refractivity contribution in [2.24, 2.45) is 0 Å². The Balaban J connectivity index is 1.32. The van der Waals surface area contributed by atoms with Crippen LogP contribution in [0.25, 0.3) is 16.6 Å². The molecule has 9 nitrogen and oxygen atoms in total. The van der Waals surface area contributed by atoms with Crippen molar-refractivity contribution < 1.29 is 13.5 Å². The van der Waals surface area contributed by atoms with Crippen LogP contribution >= 0.6 is 0 Å². The Morgan fingerprint density at radius 1 is 0.972 bits per heavy atom. The van der Waals surface area contributed by atoms with E-state index >= 15 is 8.78 Å². The first-order valence-corrected chi connectivity index (χ1v) is 11.5. The van der Waals surface area contributed by atoms with E-state index in [0.717, 1.165) is 13.1 Å². The molecule has 11 heteroatoms. The minimum atomic E-state index is -0.526. The third kappa shape index (κ3) is 3.93. The maximum absolute atomic E-state index is 15.7. The Morgan fingerprint density at radius 2 is 1.83 bits per heavy atom. The number of benzene rings is 2. The molecule has 1 saturated heterocycles. The van der Waals surface area contributed by atoms with Gasteiger partial charge in [0, 0.05) is 44.0 Å². The van der Waals surface area contributed by atoms with Gasteiger partial charge in [0.25, 0.3) is 0 Å². The number of aromatic nitrogens is 5. The van der Waals surface area contributed by atoms with Crippen molar-refractivity contribution in [2.75, 3.05) is 36.4 Å². The van der Waals surface area contributed by atoms with Gasteiger partial charge in [-0.25, -0.2) is 28.2 Å². The molecule has 5 aromatic rings. The largest absolute Gasteiger partial charge is 0.457 e. The first kappa shape index (κ1) is 22.1. The minimum absolute atomic E-state index is 0.153. The smallest absolute Gasteiger partial charge is 0.159 e. The van der Waals surface area contributed by atoms with Crippen LogP contribution in [0.1, 0.15) is 5.56 Å². The van der Waals surface area contributed by atoms with Crippen LogP contribution in [0.3, 0.4) is 0 Å². The fourth-order valence-corrected chi connectivity index (χ4v) is 4.33. The molecule has 0 bridgehead atoms. The molecule has 3 aromatic heterocycles. The van der Waals surface area contributed by atoms with Crippen molar-refractivity contribution in [3.05, 3.63) is 72.4 Å². The number of nitrogens with zero attached hydrogens (tertiary/aromatic N) is 6. The molecule has 1 fully saturated rings. The first-order valence-electron chi connectivity index (χ1n) is 11.5. The molecule has 4 heterocycles.